The Morgan fingerprint density at radius 1 is 1.03 bits per heavy atom. The number of anilines is 1. The van der Waals surface area contributed by atoms with Crippen LogP contribution in [0.3, 0.4) is 0 Å². The summed E-state index contributed by atoms with van der Waals surface area (Å²) in [6.45, 7) is -0.188. The topological polar surface area (TPSA) is 124 Å². The van der Waals surface area contributed by atoms with E-state index in [4.69, 9.17) is 14.2 Å². The maximum Gasteiger partial charge on any atom is 0.262 e. The van der Waals surface area contributed by atoms with Crippen LogP contribution in [0.25, 0.3) is 0 Å². The fourth-order valence-electron chi connectivity index (χ4n) is 2.75. The smallest absolute Gasteiger partial charge is 0.262 e. The Balaban J connectivity index is 1.35. The Labute approximate surface area is 191 Å². The molecule has 10 nitrogen and oxygen atoms in total. The lowest BCUT2D eigenvalue weighted by molar-refractivity contribution is -0.122. The van der Waals surface area contributed by atoms with Crippen LogP contribution in [-0.4, -0.2) is 59.7 Å². The van der Waals surface area contributed by atoms with Gasteiger partial charge in [0.25, 0.3) is 5.91 Å². The van der Waals surface area contributed by atoms with Gasteiger partial charge >= 0.3 is 0 Å². The van der Waals surface area contributed by atoms with E-state index in [0.29, 0.717) is 22.9 Å². The summed E-state index contributed by atoms with van der Waals surface area (Å²) in [5.41, 5.74) is 0.441. The molecule has 0 aliphatic carbocycles. The van der Waals surface area contributed by atoms with Crippen LogP contribution >= 0.6 is 0 Å². The average Bonchev–Trinajstić information content (AvgIpc) is 3.27. The first-order valence-electron chi connectivity index (χ1n) is 10.2. The standard InChI is InChI=1S/C23H26N4O6/c1-31-20-8-5-9-21(10-20)32-15-18(28)12-24-22(29)14-27-13-17(11-25-27)26-23(30)16-33-19-6-3-2-4-7-19/h2-11,13,18,28H,12,14-16H2,1H3,(H,24,29)(H,26,30)/t18-/m0/s1. The zero-order valence-electron chi connectivity index (χ0n) is 18.1. The molecule has 33 heavy (non-hydrogen) atoms. The van der Waals surface area contributed by atoms with Gasteiger partial charge in [0.15, 0.2) is 6.61 Å². The molecule has 2 amide bonds. The van der Waals surface area contributed by atoms with Crippen molar-refractivity contribution in [1.29, 1.82) is 0 Å². The van der Waals surface area contributed by atoms with Gasteiger partial charge in [-0.1, -0.05) is 24.3 Å². The van der Waals surface area contributed by atoms with E-state index >= 15 is 0 Å². The molecule has 0 saturated carbocycles. The maximum atomic E-state index is 12.1. The van der Waals surface area contributed by atoms with Crippen molar-refractivity contribution in [2.24, 2.45) is 0 Å². The molecule has 0 spiro atoms. The largest absolute Gasteiger partial charge is 0.497 e. The van der Waals surface area contributed by atoms with Crippen LogP contribution in [0.5, 0.6) is 17.2 Å². The molecule has 2 aromatic carbocycles. The van der Waals surface area contributed by atoms with Gasteiger partial charge in [-0.05, 0) is 24.3 Å². The minimum Gasteiger partial charge on any atom is -0.497 e. The van der Waals surface area contributed by atoms with Crippen LogP contribution in [0.1, 0.15) is 0 Å². The molecule has 0 aliphatic heterocycles. The molecule has 0 bridgehead atoms. The van der Waals surface area contributed by atoms with Crippen molar-refractivity contribution in [3.63, 3.8) is 0 Å². The van der Waals surface area contributed by atoms with E-state index in [9.17, 15) is 14.7 Å². The summed E-state index contributed by atoms with van der Waals surface area (Å²) in [6, 6.07) is 16.0. The van der Waals surface area contributed by atoms with Crippen LogP contribution in [-0.2, 0) is 16.1 Å². The normalized spacial score (nSPS) is 11.3. The van der Waals surface area contributed by atoms with Gasteiger partial charge in [0.05, 0.1) is 19.0 Å². The highest BCUT2D eigenvalue weighted by Gasteiger charge is 2.11. The number of hydrogen-bond acceptors (Lipinski definition) is 7. The lowest BCUT2D eigenvalue weighted by Crippen LogP contribution is -2.37. The second-order valence-electron chi connectivity index (χ2n) is 7.02. The molecule has 174 valence electrons. The fraction of sp³-hybridized carbons (Fsp3) is 0.261. The summed E-state index contributed by atoms with van der Waals surface area (Å²) in [5, 5.41) is 19.4. The third-order valence-corrected chi connectivity index (χ3v) is 4.35. The molecule has 0 saturated heterocycles. The molecule has 3 N–H and O–H groups in total. The predicted molar refractivity (Wildman–Crippen MR) is 120 cm³/mol. The van der Waals surface area contributed by atoms with Crippen molar-refractivity contribution in [3.05, 3.63) is 67.0 Å². The third-order valence-electron chi connectivity index (χ3n) is 4.35. The number of para-hydroxylation sites is 1. The van der Waals surface area contributed by atoms with Crippen molar-refractivity contribution < 1.29 is 28.9 Å². The number of nitrogens with zero attached hydrogens (tertiary/aromatic N) is 2. The summed E-state index contributed by atoms with van der Waals surface area (Å²) in [5.74, 6) is 1.11. The molecular weight excluding hydrogens is 428 g/mol. The summed E-state index contributed by atoms with van der Waals surface area (Å²) in [4.78, 5) is 24.1. The van der Waals surface area contributed by atoms with Gasteiger partial charge in [0, 0.05) is 18.8 Å². The number of aromatic nitrogens is 2. The molecule has 10 heteroatoms. The Kier molecular flexibility index (Phi) is 8.66. The second-order valence-corrected chi connectivity index (χ2v) is 7.02. The quantitative estimate of drug-likeness (QED) is 0.379. The van der Waals surface area contributed by atoms with E-state index in [1.54, 1.807) is 43.5 Å². The molecule has 0 aliphatic rings. The first kappa shape index (κ1) is 23.6. The summed E-state index contributed by atoms with van der Waals surface area (Å²) in [6.07, 6.45) is 2.07. The average molecular weight is 454 g/mol. The Bertz CT molecular complexity index is 1040. The highest BCUT2D eigenvalue weighted by molar-refractivity contribution is 5.91. The van der Waals surface area contributed by atoms with Crippen molar-refractivity contribution in [2.45, 2.75) is 12.6 Å². The van der Waals surface area contributed by atoms with Crippen molar-refractivity contribution in [2.75, 3.05) is 32.2 Å². The first-order chi connectivity index (χ1) is 16.0. The van der Waals surface area contributed by atoms with Crippen LogP contribution in [0.2, 0.25) is 0 Å². The Hall–Kier alpha value is -4.05. The molecule has 0 unspecified atom stereocenters. The molecule has 3 rings (SSSR count). The summed E-state index contributed by atoms with van der Waals surface area (Å²) in [7, 11) is 1.56. The van der Waals surface area contributed by atoms with Crippen LogP contribution in [0, 0.1) is 0 Å². The Morgan fingerprint density at radius 2 is 1.79 bits per heavy atom. The molecule has 1 aromatic heterocycles. The number of carbonyl (C=O) groups is 2. The van der Waals surface area contributed by atoms with Crippen LogP contribution in [0.4, 0.5) is 5.69 Å². The molecular formula is C23H26N4O6. The predicted octanol–water partition coefficient (Wildman–Crippen LogP) is 1.47. The van der Waals surface area contributed by atoms with Gasteiger partial charge < -0.3 is 30.0 Å². The van der Waals surface area contributed by atoms with E-state index in [0.717, 1.165) is 0 Å². The van der Waals surface area contributed by atoms with Crippen molar-refractivity contribution >= 4 is 17.5 Å². The minimum absolute atomic E-state index is 0.0104. The second kappa shape index (κ2) is 12.1. The lowest BCUT2D eigenvalue weighted by Gasteiger charge is -2.14. The third kappa shape index (κ3) is 8.19. The van der Waals surface area contributed by atoms with Crippen LogP contribution < -0.4 is 24.8 Å². The SMILES string of the molecule is COc1cccc(OC[C@@H](O)CNC(=O)Cn2cc(NC(=O)COc3ccccc3)cn2)c1. The summed E-state index contributed by atoms with van der Waals surface area (Å²) < 4.78 is 17.4. The minimum atomic E-state index is -0.891. The number of methoxy groups -OCH3 is 1. The number of amides is 2. The van der Waals surface area contributed by atoms with E-state index in [2.05, 4.69) is 15.7 Å². The zero-order chi connectivity index (χ0) is 23.5. The van der Waals surface area contributed by atoms with E-state index < -0.39 is 6.10 Å². The molecule has 0 radical (unpaired) electrons. The first-order valence-corrected chi connectivity index (χ1v) is 10.2. The van der Waals surface area contributed by atoms with Crippen molar-refractivity contribution in [3.8, 4) is 17.2 Å². The van der Waals surface area contributed by atoms with Gasteiger partial charge in [-0.15, -0.1) is 0 Å². The summed E-state index contributed by atoms with van der Waals surface area (Å²) >= 11 is 0. The monoisotopic (exact) mass is 454 g/mol. The van der Waals surface area contributed by atoms with Gasteiger partial charge in [-0.2, -0.15) is 5.10 Å². The van der Waals surface area contributed by atoms with Gasteiger partial charge in [0.2, 0.25) is 5.91 Å². The van der Waals surface area contributed by atoms with Crippen LogP contribution in [0.15, 0.2) is 67.0 Å². The molecule has 3 aromatic rings. The molecule has 0 fully saturated rings. The number of nitrogens with one attached hydrogen (secondary N) is 2. The number of aliphatic hydroxyl groups is 1. The maximum absolute atomic E-state index is 12.1. The van der Waals surface area contributed by atoms with Gasteiger partial charge in [-0.25, -0.2) is 0 Å². The lowest BCUT2D eigenvalue weighted by atomic mass is 10.3. The van der Waals surface area contributed by atoms with E-state index in [1.165, 1.54) is 17.1 Å². The number of aliphatic hydroxyl groups excluding tert-OH is 1. The number of hydrogen-bond donors (Lipinski definition) is 3. The van der Waals surface area contributed by atoms with Gasteiger partial charge in [-0.3, -0.25) is 14.3 Å². The Morgan fingerprint density at radius 3 is 2.58 bits per heavy atom. The number of benzene rings is 2. The van der Waals surface area contributed by atoms with Gasteiger partial charge in [0.1, 0.15) is 36.5 Å². The fourth-order valence-corrected chi connectivity index (χ4v) is 2.75. The number of ether oxygens (including phenoxy) is 3. The highest BCUT2D eigenvalue weighted by Crippen LogP contribution is 2.18. The molecule has 1 heterocycles. The zero-order valence-corrected chi connectivity index (χ0v) is 18.1. The van der Waals surface area contributed by atoms with Crippen molar-refractivity contribution in [1.82, 2.24) is 15.1 Å². The number of carbonyl (C=O) groups excluding carboxylic acids is 2. The van der Waals surface area contributed by atoms with E-state index in [1.807, 2.05) is 18.2 Å². The highest BCUT2D eigenvalue weighted by atomic mass is 16.5. The number of rotatable bonds is 12. The van der Waals surface area contributed by atoms with E-state index in [-0.39, 0.29) is 38.1 Å². The molecule has 1 atom stereocenters.